The molecule has 6 nitrogen and oxygen atoms in total. The van der Waals surface area contributed by atoms with Gasteiger partial charge in [-0.05, 0) is 49.8 Å². The Kier molecular flexibility index (Phi) is 4.04. The van der Waals surface area contributed by atoms with Gasteiger partial charge in [-0.3, -0.25) is 0 Å². The monoisotopic (exact) mass is 369 g/mol. The van der Waals surface area contributed by atoms with Gasteiger partial charge in [0.25, 0.3) is 0 Å². The quantitative estimate of drug-likeness (QED) is 0.644. The van der Waals surface area contributed by atoms with E-state index in [0.717, 1.165) is 31.0 Å². The topological polar surface area (TPSA) is 89.9 Å². The standard InChI is InChI=1S/C19H17F2N5O/c1-26-17(12-10-11(20)4-5-13(12)21)25-15-16(22)23-14(24-18(15)26)6-9-19(27)7-2-3-8-19/h4-5,10,27H,2-3,7-8H2,1H3,(H2,22,23,24). The molecule has 8 heteroatoms. The van der Waals surface area contributed by atoms with E-state index in [1.54, 1.807) is 7.05 Å². The molecular weight excluding hydrogens is 352 g/mol. The maximum atomic E-state index is 14.1. The largest absolute Gasteiger partial charge is 0.382 e. The molecule has 27 heavy (non-hydrogen) atoms. The lowest BCUT2D eigenvalue weighted by molar-refractivity contribution is 0.110. The second kappa shape index (κ2) is 6.28. The Bertz CT molecular complexity index is 1110. The highest BCUT2D eigenvalue weighted by Gasteiger charge is 2.28. The van der Waals surface area contributed by atoms with Crippen molar-refractivity contribution in [2.75, 3.05) is 5.73 Å². The van der Waals surface area contributed by atoms with Crippen molar-refractivity contribution in [2.45, 2.75) is 31.3 Å². The van der Waals surface area contributed by atoms with Gasteiger partial charge in [0.05, 0.1) is 5.56 Å². The number of nitrogen functional groups attached to an aromatic ring is 1. The summed E-state index contributed by atoms with van der Waals surface area (Å²) in [6, 6.07) is 3.14. The highest BCUT2D eigenvalue weighted by Crippen LogP contribution is 2.29. The van der Waals surface area contributed by atoms with Crippen molar-refractivity contribution in [1.29, 1.82) is 0 Å². The van der Waals surface area contributed by atoms with Gasteiger partial charge in [-0.15, -0.1) is 0 Å². The van der Waals surface area contributed by atoms with Crippen LogP contribution < -0.4 is 5.73 Å². The lowest BCUT2D eigenvalue weighted by atomic mass is 10.0. The number of imidazole rings is 1. The number of nitrogens with zero attached hydrogens (tertiary/aromatic N) is 4. The summed E-state index contributed by atoms with van der Waals surface area (Å²) in [7, 11) is 1.63. The highest BCUT2D eigenvalue weighted by atomic mass is 19.1. The maximum Gasteiger partial charge on any atom is 0.209 e. The molecule has 138 valence electrons. The average molecular weight is 369 g/mol. The number of benzene rings is 1. The minimum atomic E-state index is -1.02. The minimum absolute atomic E-state index is 0.00259. The third kappa shape index (κ3) is 3.11. The lowest BCUT2D eigenvalue weighted by Crippen LogP contribution is -2.20. The van der Waals surface area contributed by atoms with Crippen molar-refractivity contribution in [3.63, 3.8) is 0 Å². The van der Waals surface area contributed by atoms with Gasteiger partial charge in [0.1, 0.15) is 23.1 Å². The van der Waals surface area contributed by atoms with Crippen LogP contribution in [-0.2, 0) is 7.05 Å². The number of halogens is 2. The molecule has 3 N–H and O–H groups in total. The average Bonchev–Trinajstić information content (AvgIpc) is 3.21. The van der Waals surface area contributed by atoms with E-state index in [9.17, 15) is 13.9 Å². The number of fused-ring (bicyclic) bond motifs is 1. The fourth-order valence-electron chi connectivity index (χ4n) is 3.30. The van der Waals surface area contributed by atoms with Gasteiger partial charge < -0.3 is 15.4 Å². The summed E-state index contributed by atoms with van der Waals surface area (Å²) in [5.41, 5.74) is 5.59. The van der Waals surface area contributed by atoms with Crippen LogP contribution in [0.4, 0.5) is 14.6 Å². The van der Waals surface area contributed by atoms with Gasteiger partial charge in [0.15, 0.2) is 17.0 Å². The summed E-state index contributed by atoms with van der Waals surface area (Å²) in [6.45, 7) is 0. The molecule has 0 radical (unpaired) electrons. The van der Waals surface area contributed by atoms with Gasteiger partial charge in [-0.2, -0.15) is 0 Å². The Hall–Kier alpha value is -3.05. The third-order valence-corrected chi connectivity index (χ3v) is 4.75. The van der Waals surface area contributed by atoms with Crippen molar-refractivity contribution in [3.8, 4) is 23.2 Å². The van der Waals surface area contributed by atoms with Crippen molar-refractivity contribution in [1.82, 2.24) is 19.5 Å². The van der Waals surface area contributed by atoms with Crippen molar-refractivity contribution in [3.05, 3.63) is 35.7 Å². The van der Waals surface area contributed by atoms with Crippen LogP contribution in [0.5, 0.6) is 0 Å². The van der Waals surface area contributed by atoms with Gasteiger partial charge in [-0.1, -0.05) is 5.92 Å². The number of rotatable bonds is 1. The van der Waals surface area contributed by atoms with E-state index >= 15 is 0 Å². The number of anilines is 1. The summed E-state index contributed by atoms with van der Waals surface area (Å²) in [6.07, 6.45) is 3.09. The number of hydrogen-bond donors (Lipinski definition) is 2. The zero-order valence-electron chi connectivity index (χ0n) is 14.6. The van der Waals surface area contributed by atoms with E-state index in [1.165, 1.54) is 4.57 Å². The number of aromatic nitrogens is 4. The summed E-state index contributed by atoms with van der Waals surface area (Å²) < 4.78 is 29.2. The molecule has 0 aliphatic heterocycles. The summed E-state index contributed by atoms with van der Waals surface area (Å²) in [4.78, 5) is 12.7. The molecule has 1 saturated carbocycles. The van der Waals surface area contributed by atoms with E-state index in [4.69, 9.17) is 5.73 Å². The fourth-order valence-corrected chi connectivity index (χ4v) is 3.30. The molecule has 0 spiro atoms. The number of aryl methyl sites for hydroxylation is 1. The Morgan fingerprint density at radius 3 is 2.67 bits per heavy atom. The number of hydrogen-bond acceptors (Lipinski definition) is 5. The molecule has 0 amide bonds. The SMILES string of the molecule is Cn1c(-c2cc(F)ccc2F)nc2c(N)nc(C#CC3(O)CCCC3)nc21. The lowest BCUT2D eigenvalue weighted by Gasteiger charge is -2.12. The predicted octanol–water partition coefficient (Wildman–Crippen LogP) is 2.55. The van der Waals surface area contributed by atoms with E-state index < -0.39 is 17.2 Å². The first-order chi connectivity index (χ1) is 12.9. The van der Waals surface area contributed by atoms with Crippen LogP contribution in [0.2, 0.25) is 0 Å². The zero-order valence-corrected chi connectivity index (χ0v) is 14.6. The summed E-state index contributed by atoms with van der Waals surface area (Å²) in [5.74, 6) is 4.84. The minimum Gasteiger partial charge on any atom is -0.382 e. The molecule has 2 heterocycles. The Morgan fingerprint density at radius 2 is 1.93 bits per heavy atom. The third-order valence-electron chi connectivity index (χ3n) is 4.75. The molecule has 0 unspecified atom stereocenters. The zero-order chi connectivity index (χ0) is 19.2. The van der Waals surface area contributed by atoms with E-state index in [0.29, 0.717) is 18.5 Å². The molecule has 1 aliphatic rings. The van der Waals surface area contributed by atoms with E-state index in [1.807, 2.05) is 0 Å². The van der Waals surface area contributed by atoms with Gasteiger partial charge in [-0.25, -0.2) is 23.7 Å². The number of nitrogens with two attached hydrogens (primary N) is 1. The molecule has 0 atom stereocenters. The van der Waals surface area contributed by atoms with Gasteiger partial charge in [0, 0.05) is 7.05 Å². The maximum absolute atomic E-state index is 14.1. The normalized spacial score (nSPS) is 15.7. The Balaban J connectivity index is 1.83. The smallest absolute Gasteiger partial charge is 0.209 e. The van der Waals surface area contributed by atoms with Crippen LogP contribution in [0, 0.1) is 23.5 Å². The van der Waals surface area contributed by atoms with E-state index in [-0.39, 0.29) is 28.5 Å². The van der Waals surface area contributed by atoms with Crippen molar-refractivity contribution < 1.29 is 13.9 Å². The summed E-state index contributed by atoms with van der Waals surface area (Å²) >= 11 is 0. The molecule has 1 fully saturated rings. The molecule has 0 bridgehead atoms. The predicted molar refractivity (Wildman–Crippen MR) is 96.4 cm³/mol. The van der Waals surface area contributed by atoms with Crippen molar-refractivity contribution in [2.24, 2.45) is 7.05 Å². The Morgan fingerprint density at radius 1 is 1.19 bits per heavy atom. The van der Waals surface area contributed by atoms with Crippen LogP contribution in [0.3, 0.4) is 0 Å². The second-order valence-electron chi connectivity index (χ2n) is 6.71. The second-order valence-corrected chi connectivity index (χ2v) is 6.71. The van der Waals surface area contributed by atoms with Crippen LogP contribution in [-0.4, -0.2) is 30.2 Å². The molecule has 4 rings (SSSR count). The molecule has 0 saturated heterocycles. The Labute approximate surface area is 154 Å². The first kappa shape index (κ1) is 17.4. The number of aliphatic hydroxyl groups is 1. The van der Waals surface area contributed by atoms with Gasteiger partial charge in [0.2, 0.25) is 5.82 Å². The summed E-state index contributed by atoms with van der Waals surface area (Å²) in [5, 5.41) is 10.3. The van der Waals surface area contributed by atoms with Crippen LogP contribution >= 0.6 is 0 Å². The molecule has 1 aliphatic carbocycles. The van der Waals surface area contributed by atoms with Crippen LogP contribution in [0.25, 0.3) is 22.6 Å². The first-order valence-corrected chi connectivity index (χ1v) is 8.57. The van der Waals surface area contributed by atoms with Crippen LogP contribution in [0.15, 0.2) is 18.2 Å². The molecule has 1 aromatic carbocycles. The molecule has 3 aromatic rings. The fraction of sp³-hybridized carbons (Fsp3) is 0.316. The molecular formula is C19H17F2N5O. The molecule has 2 aromatic heterocycles. The first-order valence-electron chi connectivity index (χ1n) is 8.57. The van der Waals surface area contributed by atoms with Crippen molar-refractivity contribution >= 4 is 17.0 Å². The van der Waals surface area contributed by atoms with Gasteiger partial charge >= 0.3 is 0 Å². The van der Waals surface area contributed by atoms with E-state index in [2.05, 4.69) is 26.8 Å². The van der Waals surface area contributed by atoms with Crippen LogP contribution in [0.1, 0.15) is 31.5 Å². The highest BCUT2D eigenvalue weighted by molar-refractivity contribution is 5.85.